The van der Waals surface area contributed by atoms with E-state index in [1.807, 2.05) is 54.9 Å². The average Bonchev–Trinajstić information content (AvgIpc) is 3.10. The Kier molecular flexibility index (Phi) is 4.15. The minimum atomic E-state index is 0.609. The van der Waals surface area contributed by atoms with Gasteiger partial charge in [-0.1, -0.05) is 18.2 Å². The molecule has 3 heterocycles. The number of nitriles is 1. The maximum atomic E-state index is 9.19. The number of fused-ring (bicyclic) bond motifs is 2. The van der Waals surface area contributed by atoms with Crippen molar-refractivity contribution in [3.8, 4) is 22.9 Å². The minimum Gasteiger partial charge on any atom is -0.301 e. The molecular formula is C24H15BrN4. The van der Waals surface area contributed by atoms with E-state index in [0.717, 1.165) is 48.8 Å². The molecule has 0 N–H and O–H groups in total. The fourth-order valence-electron chi connectivity index (χ4n) is 3.74. The fraction of sp³-hybridized carbons (Fsp3) is 0.0417. The van der Waals surface area contributed by atoms with Crippen LogP contribution in [0, 0.1) is 18.3 Å². The molecule has 0 spiro atoms. The van der Waals surface area contributed by atoms with Crippen LogP contribution in [0.2, 0.25) is 0 Å². The molecule has 0 radical (unpaired) electrons. The van der Waals surface area contributed by atoms with Crippen LogP contribution >= 0.6 is 15.9 Å². The summed E-state index contributed by atoms with van der Waals surface area (Å²) < 4.78 is 2.83. The number of aryl methyl sites for hydroxylation is 1. The lowest BCUT2D eigenvalue weighted by atomic mass is 10.0. The summed E-state index contributed by atoms with van der Waals surface area (Å²) in [6.45, 7) is 2.09. The maximum Gasteiger partial charge on any atom is 0.145 e. The molecule has 0 saturated heterocycles. The number of halogens is 1. The van der Waals surface area contributed by atoms with Gasteiger partial charge in [0.05, 0.1) is 11.1 Å². The Balaban J connectivity index is 1.73. The Morgan fingerprint density at radius 3 is 2.72 bits per heavy atom. The van der Waals surface area contributed by atoms with E-state index in [1.165, 1.54) is 0 Å². The topological polar surface area (TPSA) is 54.5 Å². The summed E-state index contributed by atoms with van der Waals surface area (Å²) in [5.74, 6) is 0. The number of rotatable bonds is 2. The molecule has 0 atom stereocenters. The van der Waals surface area contributed by atoms with E-state index in [1.54, 1.807) is 0 Å². The third-order valence-corrected chi connectivity index (χ3v) is 5.79. The van der Waals surface area contributed by atoms with Crippen LogP contribution < -0.4 is 0 Å². The zero-order valence-corrected chi connectivity index (χ0v) is 17.2. The zero-order valence-electron chi connectivity index (χ0n) is 15.6. The van der Waals surface area contributed by atoms with Crippen molar-refractivity contribution in [3.63, 3.8) is 0 Å². The van der Waals surface area contributed by atoms with Crippen LogP contribution in [0.3, 0.4) is 0 Å². The van der Waals surface area contributed by atoms with E-state index >= 15 is 0 Å². The van der Waals surface area contributed by atoms with E-state index < -0.39 is 0 Å². The number of benzene rings is 2. The van der Waals surface area contributed by atoms with Gasteiger partial charge in [0.15, 0.2) is 0 Å². The highest BCUT2D eigenvalue weighted by molar-refractivity contribution is 9.10. The van der Waals surface area contributed by atoms with Crippen LogP contribution in [0.4, 0.5) is 0 Å². The Morgan fingerprint density at radius 1 is 1.03 bits per heavy atom. The Bertz CT molecular complexity index is 1440. The first kappa shape index (κ1) is 17.6. The van der Waals surface area contributed by atoms with Gasteiger partial charge in [-0.25, -0.2) is 4.98 Å². The lowest BCUT2D eigenvalue weighted by Crippen LogP contribution is -1.95. The largest absolute Gasteiger partial charge is 0.301 e. The van der Waals surface area contributed by atoms with Crippen molar-refractivity contribution >= 4 is 37.9 Å². The van der Waals surface area contributed by atoms with Crippen LogP contribution in [-0.4, -0.2) is 14.5 Å². The monoisotopic (exact) mass is 438 g/mol. The summed E-state index contributed by atoms with van der Waals surface area (Å²) >= 11 is 3.49. The van der Waals surface area contributed by atoms with Gasteiger partial charge in [-0.15, -0.1) is 0 Å². The summed E-state index contributed by atoms with van der Waals surface area (Å²) in [6, 6.07) is 20.2. The van der Waals surface area contributed by atoms with Crippen molar-refractivity contribution in [2.24, 2.45) is 0 Å². The molecular weight excluding hydrogens is 424 g/mol. The number of nitrogens with zero attached hydrogens (tertiary/aromatic N) is 4. The van der Waals surface area contributed by atoms with Gasteiger partial charge in [0, 0.05) is 45.1 Å². The molecule has 3 aromatic heterocycles. The third kappa shape index (κ3) is 2.89. The minimum absolute atomic E-state index is 0.609. The van der Waals surface area contributed by atoms with Gasteiger partial charge >= 0.3 is 0 Å². The Hall–Kier alpha value is -3.49. The maximum absolute atomic E-state index is 9.19. The van der Waals surface area contributed by atoms with Crippen molar-refractivity contribution in [2.75, 3.05) is 0 Å². The van der Waals surface area contributed by atoms with Gasteiger partial charge in [-0.05, 0) is 70.4 Å². The summed E-state index contributed by atoms with van der Waals surface area (Å²) in [5, 5.41) is 11.4. The van der Waals surface area contributed by atoms with Crippen molar-refractivity contribution < 1.29 is 0 Å². The molecule has 5 aromatic rings. The second kappa shape index (κ2) is 6.84. The van der Waals surface area contributed by atoms with Crippen LogP contribution in [0.25, 0.3) is 38.8 Å². The first-order valence-electron chi connectivity index (χ1n) is 9.17. The fourth-order valence-corrected chi connectivity index (χ4v) is 4.20. The van der Waals surface area contributed by atoms with Crippen LogP contribution in [0.15, 0.2) is 77.7 Å². The summed E-state index contributed by atoms with van der Waals surface area (Å²) in [4.78, 5) is 9.29. The first-order chi connectivity index (χ1) is 14.2. The van der Waals surface area contributed by atoms with Crippen molar-refractivity contribution in [3.05, 3.63) is 88.8 Å². The molecule has 138 valence electrons. The molecule has 5 heteroatoms. The van der Waals surface area contributed by atoms with Crippen molar-refractivity contribution in [1.29, 1.82) is 5.26 Å². The third-order valence-electron chi connectivity index (χ3n) is 5.13. The standard InChI is InChI=1S/C24H15BrN4/c1-15-14-29(19-7-6-17(12-26)21(25)11-19)24-23(15)20(8-9-27-24)18-10-16-4-2-3-5-22(16)28-13-18/h2-11,13-14H,1H3. The van der Waals surface area contributed by atoms with E-state index in [4.69, 9.17) is 0 Å². The molecule has 0 saturated carbocycles. The second-order valence-corrected chi connectivity index (χ2v) is 7.79. The lowest BCUT2D eigenvalue weighted by molar-refractivity contribution is 1.08. The number of hydrogen-bond donors (Lipinski definition) is 0. The Labute approximate surface area is 176 Å². The highest BCUT2D eigenvalue weighted by atomic mass is 79.9. The highest BCUT2D eigenvalue weighted by Gasteiger charge is 2.15. The molecule has 0 fully saturated rings. The number of aromatic nitrogens is 3. The van der Waals surface area contributed by atoms with Gasteiger partial charge in [0.2, 0.25) is 0 Å². The van der Waals surface area contributed by atoms with E-state index in [2.05, 4.69) is 61.8 Å². The summed E-state index contributed by atoms with van der Waals surface area (Å²) in [7, 11) is 0. The van der Waals surface area contributed by atoms with Gasteiger partial charge in [0.1, 0.15) is 11.7 Å². The van der Waals surface area contributed by atoms with Crippen LogP contribution in [-0.2, 0) is 0 Å². The number of para-hydroxylation sites is 1. The van der Waals surface area contributed by atoms with E-state index in [-0.39, 0.29) is 0 Å². The van der Waals surface area contributed by atoms with Gasteiger partial charge in [-0.2, -0.15) is 5.26 Å². The molecule has 0 unspecified atom stereocenters. The molecule has 2 aromatic carbocycles. The van der Waals surface area contributed by atoms with Gasteiger partial charge < -0.3 is 4.57 Å². The lowest BCUT2D eigenvalue weighted by Gasteiger charge is -2.08. The molecule has 5 rings (SSSR count). The van der Waals surface area contributed by atoms with E-state index in [0.29, 0.717) is 5.56 Å². The molecule has 4 nitrogen and oxygen atoms in total. The smallest absolute Gasteiger partial charge is 0.145 e. The summed E-state index contributed by atoms with van der Waals surface area (Å²) in [6.07, 6.45) is 5.84. The SMILES string of the molecule is Cc1cn(-c2ccc(C#N)c(Br)c2)c2nccc(-c3cnc4ccccc4c3)c12. The predicted molar refractivity (Wildman–Crippen MR) is 119 cm³/mol. The van der Waals surface area contributed by atoms with Crippen LogP contribution in [0.5, 0.6) is 0 Å². The van der Waals surface area contributed by atoms with Gasteiger partial charge in [0.25, 0.3) is 0 Å². The average molecular weight is 439 g/mol. The molecule has 0 aliphatic rings. The number of pyridine rings is 2. The zero-order chi connectivity index (χ0) is 20.0. The molecule has 29 heavy (non-hydrogen) atoms. The Morgan fingerprint density at radius 2 is 1.90 bits per heavy atom. The first-order valence-corrected chi connectivity index (χ1v) is 9.97. The molecule has 0 bridgehead atoms. The highest BCUT2D eigenvalue weighted by Crippen LogP contribution is 2.34. The molecule has 0 aliphatic carbocycles. The van der Waals surface area contributed by atoms with E-state index in [9.17, 15) is 5.26 Å². The van der Waals surface area contributed by atoms with Crippen molar-refractivity contribution in [1.82, 2.24) is 14.5 Å². The van der Waals surface area contributed by atoms with Gasteiger partial charge in [-0.3, -0.25) is 4.98 Å². The second-order valence-electron chi connectivity index (χ2n) is 6.93. The quantitative estimate of drug-likeness (QED) is 0.330. The summed E-state index contributed by atoms with van der Waals surface area (Å²) in [5.41, 5.74) is 6.74. The molecule has 0 aliphatic heterocycles. The van der Waals surface area contributed by atoms with Crippen LogP contribution in [0.1, 0.15) is 11.1 Å². The predicted octanol–water partition coefficient (Wildman–Crippen LogP) is 6.18. The molecule has 0 amide bonds. The number of hydrogen-bond acceptors (Lipinski definition) is 3. The van der Waals surface area contributed by atoms with Crippen molar-refractivity contribution in [2.45, 2.75) is 6.92 Å². The normalized spacial score (nSPS) is 11.1.